The van der Waals surface area contributed by atoms with Crippen molar-refractivity contribution in [1.29, 1.82) is 0 Å². The first-order valence-electron chi connectivity index (χ1n) is 10.5. The molecule has 1 atom stereocenters. The van der Waals surface area contributed by atoms with E-state index in [-0.39, 0.29) is 35.0 Å². The van der Waals surface area contributed by atoms with Crippen LogP contribution in [-0.4, -0.2) is 46.5 Å². The number of carbonyl (C=O) groups is 4. The van der Waals surface area contributed by atoms with Crippen molar-refractivity contribution in [2.75, 3.05) is 6.54 Å². The molecule has 3 aromatic rings. The van der Waals surface area contributed by atoms with Crippen LogP contribution in [-0.2, 0) is 11.3 Å². The lowest BCUT2D eigenvalue weighted by molar-refractivity contribution is -0.139. The minimum Gasteiger partial charge on any atom is -0.508 e. The number of hydrogen-bond donors (Lipinski definition) is 5. The van der Waals surface area contributed by atoms with Gasteiger partial charge in [0.1, 0.15) is 11.8 Å². The van der Waals surface area contributed by atoms with E-state index < -0.39 is 29.7 Å². The van der Waals surface area contributed by atoms with Gasteiger partial charge in [-0.1, -0.05) is 41.9 Å². The first-order valence-corrected chi connectivity index (χ1v) is 10.8. The Morgan fingerprint density at radius 1 is 0.800 bits per heavy atom. The lowest BCUT2D eigenvalue weighted by atomic mass is 10.1. The molecule has 5 N–H and O–H groups in total. The number of carboxylic acids is 1. The van der Waals surface area contributed by atoms with E-state index in [9.17, 15) is 29.4 Å². The molecule has 3 aromatic carbocycles. The highest BCUT2D eigenvalue weighted by Gasteiger charge is 2.23. The average molecular weight is 496 g/mol. The largest absolute Gasteiger partial charge is 0.508 e. The number of carbonyl (C=O) groups excluding carboxylic acids is 3. The molecule has 0 radical (unpaired) electrons. The van der Waals surface area contributed by atoms with E-state index in [1.807, 2.05) is 0 Å². The van der Waals surface area contributed by atoms with Gasteiger partial charge in [0, 0.05) is 24.2 Å². The molecule has 0 aliphatic heterocycles. The molecule has 9 nitrogen and oxygen atoms in total. The summed E-state index contributed by atoms with van der Waals surface area (Å²) >= 11 is 6.22. The van der Waals surface area contributed by atoms with Gasteiger partial charge in [-0.2, -0.15) is 0 Å². The van der Waals surface area contributed by atoms with E-state index in [0.717, 1.165) is 0 Å². The quantitative estimate of drug-likeness (QED) is 0.308. The minimum atomic E-state index is -1.38. The third-order valence-corrected chi connectivity index (χ3v) is 5.26. The summed E-state index contributed by atoms with van der Waals surface area (Å²) in [6, 6.07) is 17.2. The molecule has 35 heavy (non-hydrogen) atoms. The zero-order valence-corrected chi connectivity index (χ0v) is 19.1. The molecule has 0 bridgehead atoms. The SMILES string of the molecule is O=C(NCc1ccc(C(=O)N[C@@H](CNC(=O)c2ccccc2)C(=O)O)c(Cl)c1)c1cccc(O)c1. The lowest BCUT2D eigenvalue weighted by Crippen LogP contribution is -2.48. The number of benzene rings is 3. The molecule has 0 aliphatic carbocycles. The second-order valence-corrected chi connectivity index (χ2v) is 7.89. The van der Waals surface area contributed by atoms with Crippen LogP contribution in [0.2, 0.25) is 5.02 Å². The topological polar surface area (TPSA) is 145 Å². The summed E-state index contributed by atoms with van der Waals surface area (Å²) in [5.74, 6) is -2.96. The zero-order valence-electron chi connectivity index (χ0n) is 18.3. The third kappa shape index (κ3) is 7.05. The number of halogens is 1. The summed E-state index contributed by atoms with van der Waals surface area (Å²) in [7, 11) is 0. The normalized spacial score (nSPS) is 11.2. The Bertz CT molecular complexity index is 1250. The first-order chi connectivity index (χ1) is 16.7. The Hall–Kier alpha value is -4.37. The molecule has 0 spiro atoms. The van der Waals surface area contributed by atoms with Crippen molar-refractivity contribution in [1.82, 2.24) is 16.0 Å². The van der Waals surface area contributed by atoms with Gasteiger partial charge in [-0.15, -0.1) is 0 Å². The van der Waals surface area contributed by atoms with E-state index in [1.54, 1.807) is 48.5 Å². The second-order valence-electron chi connectivity index (χ2n) is 7.49. The maximum Gasteiger partial charge on any atom is 0.328 e. The fourth-order valence-electron chi connectivity index (χ4n) is 3.11. The molecule has 0 unspecified atom stereocenters. The van der Waals surface area contributed by atoms with Crippen LogP contribution in [0.3, 0.4) is 0 Å². The van der Waals surface area contributed by atoms with Gasteiger partial charge in [0.25, 0.3) is 17.7 Å². The molecule has 3 amide bonds. The zero-order chi connectivity index (χ0) is 25.4. The summed E-state index contributed by atoms with van der Waals surface area (Å²) < 4.78 is 0. The van der Waals surface area contributed by atoms with Gasteiger partial charge in [0.05, 0.1) is 10.6 Å². The predicted molar refractivity (Wildman–Crippen MR) is 128 cm³/mol. The Kier molecular flexibility index (Phi) is 8.42. The maximum absolute atomic E-state index is 12.6. The maximum atomic E-state index is 12.6. The first kappa shape index (κ1) is 25.3. The molecule has 0 fully saturated rings. The van der Waals surface area contributed by atoms with Crippen LogP contribution in [0.25, 0.3) is 0 Å². The van der Waals surface area contributed by atoms with Gasteiger partial charge in [-0.3, -0.25) is 14.4 Å². The molecule has 3 rings (SSSR count). The van der Waals surface area contributed by atoms with Crippen molar-refractivity contribution in [3.8, 4) is 5.75 Å². The van der Waals surface area contributed by atoms with E-state index in [4.69, 9.17) is 11.6 Å². The highest BCUT2D eigenvalue weighted by atomic mass is 35.5. The Balaban J connectivity index is 1.59. The molecule has 0 saturated heterocycles. The summed E-state index contributed by atoms with van der Waals surface area (Å²) in [5, 5.41) is 26.5. The number of aliphatic carboxylic acids is 1. The van der Waals surface area contributed by atoms with Crippen LogP contribution in [0.15, 0.2) is 72.8 Å². The molecule has 0 saturated carbocycles. The monoisotopic (exact) mass is 495 g/mol. The average Bonchev–Trinajstić information content (AvgIpc) is 2.85. The molecule has 0 aromatic heterocycles. The molecule has 180 valence electrons. The van der Waals surface area contributed by atoms with Crippen LogP contribution in [0.1, 0.15) is 36.6 Å². The van der Waals surface area contributed by atoms with Crippen LogP contribution in [0.4, 0.5) is 0 Å². The summed E-state index contributed by atoms with van der Waals surface area (Å²) in [6.07, 6.45) is 0. The predicted octanol–water partition coefficient (Wildman–Crippen LogP) is 2.59. The van der Waals surface area contributed by atoms with Crippen molar-refractivity contribution in [3.05, 3.63) is 100 Å². The minimum absolute atomic E-state index is 0.0321. The van der Waals surface area contributed by atoms with E-state index in [2.05, 4.69) is 16.0 Å². The van der Waals surface area contributed by atoms with Crippen LogP contribution in [0, 0.1) is 0 Å². The van der Waals surface area contributed by atoms with Crippen molar-refractivity contribution in [2.45, 2.75) is 12.6 Å². The number of rotatable bonds is 9. The summed E-state index contributed by atoms with van der Waals surface area (Å²) in [5.41, 5.74) is 1.28. The fraction of sp³-hybridized carbons (Fsp3) is 0.120. The number of aromatic hydroxyl groups is 1. The van der Waals surface area contributed by atoms with Gasteiger partial charge in [-0.25, -0.2) is 4.79 Å². The van der Waals surface area contributed by atoms with E-state index in [1.165, 1.54) is 24.3 Å². The molecule has 10 heteroatoms. The highest BCUT2D eigenvalue weighted by molar-refractivity contribution is 6.34. The second kappa shape index (κ2) is 11.7. The lowest BCUT2D eigenvalue weighted by Gasteiger charge is -2.16. The molecular weight excluding hydrogens is 474 g/mol. The van der Waals surface area contributed by atoms with Crippen LogP contribution in [0.5, 0.6) is 5.75 Å². The van der Waals surface area contributed by atoms with Crippen LogP contribution >= 0.6 is 11.6 Å². The van der Waals surface area contributed by atoms with Crippen molar-refractivity contribution in [3.63, 3.8) is 0 Å². The summed E-state index contributed by atoms with van der Waals surface area (Å²) in [6.45, 7) is -0.217. The van der Waals surface area contributed by atoms with Crippen LogP contribution < -0.4 is 16.0 Å². The van der Waals surface area contributed by atoms with Crippen molar-refractivity contribution < 1.29 is 29.4 Å². The highest BCUT2D eigenvalue weighted by Crippen LogP contribution is 2.18. The molecule has 0 aliphatic rings. The van der Waals surface area contributed by atoms with Crippen molar-refractivity contribution in [2.24, 2.45) is 0 Å². The van der Waals surface area contributed by atoms with E-state index >= 15 is 0 Å². The Morgan fingerprint density at radius 3 is 2.14 bits per heavy atom. The van der Waals surface area contributed by atoms with Gasteiger partial charge in [-0.05, 0) is 48.0 Å². The van der Waals surface area contributed by atoms with Crippen molar-refractivity contribution >= 4 is 35.3 Å². The van der Waals surface area contributed by atoms with Gasteiger partial charge in [0.2, 0.25) is 0 Å². The summed E-state index contributed by atoms with van der Waals surface area (Å²) in [4.78, 5) is 48.6. The number of amides is 3. The fourth-order valence-corrected chi connectivity index (χ4v) is 3.40. The smallest absolute Gasteiger partial charge is 0.328 e. The number of carboxylic acid groups (broad SMARTS) is 1. The number of hydrogen-bond acceptors (Lipinski definition) is 5. The molecule has 0 heterocycles. The van der Waals surface area contributed by atoms with Gasteiger partial charge < -0.3 is 26.2 Å². The van der Waals surface area contributed by atoms with Gasteiger partial charge in [0.15, 0.2) is 0 Å². The Labute approximate surface area is 205 Å². The Morgan fingerprint density at radius 2 is 1.49 bits per heavy atom. The number of phenols is 1. The standard InChI is InChI=1S/C25H22ClN3O6/c26-20-11-15(13-27-23(32)17-7-4-8-18(30)12-17)9-10-19(20)24(33)29-21(25(34)35)14-28-22(31)16-5-2-1-3-6-16/h1-12,21,30H,13-14H2,(H,27,32)(H,28,31)(H,29,33)(H,34,35)/t21-/m0/s1. The number of nitrogens with one attached hydrogen (secondary N) is 3. The number of phenolic OH excluding ortho intramolecular Hbond substituents is 1. The third-order valence-electron chi connectivity index (χ3n) is 4.95. The molecular formula is C25H22ClN3O6. The van der Waals surface area contributed by atoms with E-state index in [0.29, 0.717) is 11.1 Å². The van der Waals surface area contributed by atoms with Gasteiger partial charge >= 0.3 is 5.97 Å².